The van der Waals surface area contributed by atoms with Crippen molar-refractivity contribution >= 4 is 71.1 Å². The molecule has 0 spiro atoms. The molecule has 0 aliphatic heterocycles. The van der Waals surface area contributed by atoms with Crippen molar-refractivity contribution in [1.29, 1.82) is 0 Å². The van der Waals surface area contributed by atoms with Crippen molar-refractivity contribution in [2.75, 3.05) is 0 Å². The fraction of sp³-hybridized carbons (Fsp3) is 0.0172. The van der Waals surface area contributed by atoms with Crippen molar-refractivity contribution < 1.29 is 4.42 Å². The summed E-state index contributed by atoms with van der Waals surface area (Å²) in [5.41, 5.74) is 13.5. The Morgan fingerprint density at radius 1 is 0.438 bits per heavy atom. The number of allylic oxidation sites excluding steroid dienone is 5. The smallest absolute Gasteiger partial charge is 0.164 e. The zero-order chi connectivity index (χ0) is 42.7. The highest BCUT2D eigenvalue weighted by Gasteiger charge is 2.23. The van der Waals surface area contributed by atoms with Crippen LogP contribution in [0.25, 0.3) is 117 Å². The Morgan fingerprint density at radius 3 is 1.36 bits per heavy atom. The van der Waals surface area contributed by atoms with E-state index in [0.717, 1.165) is 93.6 Å². The summed E-state index contributed by atoms with van der Waals surface area (Å²) >= 11 is 0. The fourth-order valence-corrected chi connectivity index (χ4v) is 9.30. The highest BCUT2D eigenvalue weighted by molar-refractivity contribution is 6.29. The maximum absolute atomic E-state index is 7.19. The number of rotatable bonds is 8. The molecule has 6 heteroatoms. The summed E-state index contributed by atoms with van der Waals surface area (Å²) in [5.74, 6) is 1.89. The van der Waals surface area contributed by atoms with Gasteiger partial charge in [-0.3, -0.25) is 0 Å². The van der Waals surface area contributed by atoms with Gasteiger partial charge in [0.15, 0.2) is 17.5 Å². The minimum absolute atomic E-state index is 0.620. The van der Waals surface area contributed by atoms with Crippen molar-refractivity contribution in [3.63, 3.8) is 0 Å². The zero-order valence-corrected chi connectivity index (χ0v) is 35.0. The highest BCUT2D eigenvalue weighted by atomic mass is 16.3. The molecule has 8 aromatic carbocycles. The molecule has 6 nitrogen and oxygen atoms in total. The summed E-state index contributed by atoms with van der Waals surface area (Å²) in [7, 11) is 0. The number of benzene rings is 8. The van der Waals surface area contributed by atoms with Crippen LogP contribution in [0.5, 0.6) is 0 Å². The van der Waals surface area contributed by atoms with E-state index in [0.29, 0.717) is 17.5 Å². The molecule has 0 fully saturated rings. The first-order chi connectivity index (χ1) is 31.6. The van der Waals surface area contributed by atoms with Crippen molar-refractivity contribution in [2.24, 2.45) is 0 Å². The Kier molecular flexibility index (Phi) is 8.76. The average molecular weight is 822 g/mol. The van der Waals surface area contributed by atoms with Crippen molar-refractivity contribution in [2.45, 2.75) is 6.92 Å². The number of nitrogens with zero attached hydrogens (tertiary/aromatic N) is 5. The SMILES string of the molecule is C=C/C=C\C=C(/C)c1ccc(-n2c3ccccc3c3c4oc5c(ccc6c5c5ccccc5n6-c5ccc(-c6nc(-c7ccccc7)nc(-c7ccccc7)n6)cc5)c4ccc32)cc1. The van der Waals surface area contributed by atoms with Gasteiger partial charge in [-0.15, -0.1) is 0 Å². The summed E-state index contributed by atoms with van der Waals surface area (Å²) in [5, 5.41) is 6.67. The molecule has 0 aliphatic rings. The maximum Gasteiger partial charge on any atom is 0.164 e. The van der Waals surface area contributed by atoms with Gasteiger partial charge in [0.2, 0.25) is 0 Å². The van der Waals surface area contributed by atoms with E-state index < -0.39 is 0 Å². The van der Waals surface area contributed by atoms with E-state index in [4.69, 9.17) is 19.4 Å². The molecule has 0 N–H and O–H groups in total. The quantitative estimate of drug-likeness (QED) is 0.143. The van der Waals surface area contributed by atoms with E-state index in [-0.39, 0.29) is 0 Å². The molecule has 0 saturated carbocycles. The Balaban J connectivity index is 1.000. The molecular weight excluding hydrogens is 783 g/mol. The molecular formula is C58H39N5O. The van der Waals surface area contributed by atoms with Gasteiger partial charge < -0.3 is 13.6 Å². The molecule has 0 atom stereocenters. The summed E-state index contributed by atoms with van der Waals surface area (Å²) in [6.07, 6.45) is 7.87. The van der Waals surface area contributed by atoms with Crippen LogP contribution in [0.2, 0.25) is 0 Å². The molecule has 12 rings (SSSR count). The van der Waals surface area contributed by atoms with Gasteiger partial charge in [-0.1, -0.05) is 140 Å². The van der Waals surface area contributed by atoms with Gasteiger partial charge in [0.25, 0.3) is 0 Å². The first-order valence-corrected chi connectivity index (χ1v) is 21.5. The number of furan rings is 1. The van der Waals surface area contributed by atoms with Gasteiger partial charge in [-0.05, 0) is 90.9 Å². The lowest BCUT2D eigenvalue weighted by atomic mass is 10.1. The van der Waals surface area contributed by atoms with Crippen molar-refractivity contribution in [3.05, 3.63) is 218 Å². The highest BCUT2D eigenvalue weighted by Crippen LogP contribution is 2.45. The number of fused-ring (bicyclic) bond motifs is 11. The molecule has 4 aromatic heterocycles. The second-order valence-electron chi connectivity index (χ2n) is 16.1. The topological polar surface area (TPSA) is 61.7 Å². The van der Waals surface area contributed by atoms with E-state index in [2.05, 4.69) is 150 Å². The van der Waals surface area contributed by atoms with Gasteiger partial charge >= 0.3 is 0 Å². The summed E-state index contributed by atoms with van der Waals surface area (Å²) in [4.78, 5) is 14.8. The number of hydrogen-bond donors (Lipinski definition) is 0. The van der Waals surface area contributed by atoms with E-state index >= 15 is 0 Å². The van der Waals surface area contributed by atoms with E-state index in [1.54, 1.807) is 6.08 Å². The molecule has 4 heterocycles. The van der Waals surface area contributed by atoms with Crippen LogP contribution in [0.15, 0.2) is 217 Å². The minimum Gasteiger partial charge on any atom is -0.455 e. The third-order valence-corrected chi connectivity index (χ3v) is 12.3. The maximum atomic E-state index is 7.19. The Morgan fingerprint density at radius 2 is 0.875 bits per heavy atom. The van der Waals surface area contributed by atoms with E-state index in [1.807, 2.05) is 72.8 Å². The normalized spacial score (nSPS) is 12.2. The van der Waals surface area contributed by atoms with Gasteiger partial charge in [0.1, 0.15) is 11.2 Å². The second-order valence-corrected chi connectivity index (χ2v) is 16.1. The molecule has 0 amide bonds. The van der Waals surface area contributed by atoms with Crippen LogP contribution in [0.3, 0.4) is 0 Å². The van der Waals surface area contributed by atoms with Gasteiger partial charge in [0, 0.05) is 49.6 Å². The molecule has 64 heavy (non-hydrogen) atoms. The van der Waals surface area contributed by atoms with Crippen LogP contribution in [-0.2, 0) is 0 Å². The summed E-state index contributed by atoms with van der Waals surface area (Å²) in [6.45, 7) is 5.92. The molecule has 0 aliphatic carbocycles. The van der Waals surface area contributed by atoms with Crippen molar-refractivity contribution in [1.82, 2.24) is 24.1 Å². The number of para-hydroxylation sites is 2. The first kappa shape index (κ1) is 37.2. The standard InChI is InChI=1S/C58H39N5O/c1-3-4-7-16-37(2)38-25-29-42(30-26-38)62-48-23-14-12-21-46(48)52-50(62)35-33-44-45-34-36-51-53(55(45)64-54(44)52)47-22-13-15-24-49(47)63(51)43-31-27-41(28-32-43)58-60-56(39-17-8-5-9-18-39)59-57(61-58)40-19-10-6-11-20-40/h3-36H,1H2,2H3/b7-4-,37-16+. The van der Waals surface area contributed by atoms with Crippen LogP contribution in [-0.4, -0.2) is 24.1 Å². The zero-order valence-electron chi connectivity index (χ0n) is 35.0. The lowest BCUT2D eigenvalue weighted by molar-refractivity contribution is 0.677. The summed E-state index contributed by atoms with van der Waals surface area (Å²) < 4.78 is 11.9. The fourth-order valence-electron chi connectivity index (χ4n) is 9.30. The lowest BCUT2D eigenvalue weighted by Gasteiger charge is -2.10. The van der Waals surface area contributed by atoms with Crippen LogP contribution < -0.4 is 0 Å². The largest absolute Gasteiger partial charge is 0.455 e. The van der Waals surface area contributed by atoms with Gasteiger partial charge in [0.05, 0.1) is 32.8 Å². The Labute approximate surface area is 369 Å². The van der Waals surface area contributed by atoms with Crippen LogP contribution in [0, 0.1) is 0 Å². The molecule has 0 saturated heterocycles. The van der Waals surface area contributed by atoms with E-state index in [9.17, 15) is 0 Å². The molecule has 0 unspecified atom stereocenters. The second kappa shape index (κ2) is 15.1. The predicted octanol–water partition coefficient (Wildman–Crippen LogP) is 15.1. The molecule has 12 aromatic rings. The third-order valence-electron chi connectivity index (χ3n) is 12.3. The predicted molar refractivity (Wildman–Crippen MR) is 265 cm³/mol. The van der Waals surface area contributed by atoms with Crippen LogP contribution in [0.4, 0.5) is 0 Å². The first-order valence-electron chi connectivity index (χ1n) is 21.5. The molecule has 0 bridgehead atoms. The molecule has 302 valence electrons. The van der Waals surface area contributed by atoms with Crippen LogP contribution >= 0.6 is 0 Å². The third kappa shape index (κ3) is 5.99. The minimum atomic E-state index is 0.620. The number of hydrogen-bond acceptors (Lipinski definition) is 4. The number of aromatic nitrogens is 5. The lowest BCUT2D eigenvalue weighted by Crippen LogP contribution is -2.00. The Bertz CT molecular complexity index is 3780. The Hall–Kier alpha value is -8.61. The van der Waals surface area contributed by atoms with Gasteiger partial charge in [-0.2, -0.15) is 0 Å². The van der Waals surface area contributed by atoms with Crippen LogP contribution in [0.1, 0.15) is 12.5 Å². The van der Waals surface area contributed by atoms with Crippen molar-refractivity contribution in [3.8, 4) is 45.5 Å². The average Bonchev–Trinajstić information content (AvgIpc) is 4.02. The van der Waals surface area contributed by atoms with E-state index in [1.165, 1.54) is 11.1 Å². The monoisotopic (exact) mass is 821 g/mol. The van der Waals surface area contributed by atoms with Gasteiger partial charge in [-0.25, -0.2) is 15.0 Å². The molecule has 0 radical (unpaired) electrons. The summed E-state index contributed by atoms with van der Waals surface area (Å²) in [6, 6.07) is 63.6.